The molecule has 0 fully saturated rings. The smallest absolute Gasteiger partial charge is 0.358 e. The molecule has 0 atom stereocenters. The van der Waals surface area contributed by atoms with Gasteiger partial charge in [-0.15, -0.1) is 5.10 Å². The summed E-state index contributed by atoms with van der Waals surface area (Å²) in [6, 6.07) is 4.52. The molecule has 0 aliphatic rings. The van der Waals surface area contributed by atoms with Crippen LogP contribution in [0.5, 0.6) is 11.6 Å². The average molecular weight is 399 g/mol. The van der Waals surface area contributed by atoms with Gasteiger partial charge < -0.3 is 14.2 Å². The summed E-state index contributed by atoms with van der Waals surface area (Å²) in [6.45, 7) is -0.878. The number of alkyl halides is 2. The van der Waals surface area contributed by atoms with E-state index in [1.54, 1.807) is 12.1 Å². The molecule has 0 saturated carbocycles. The number of imidazole rings is 1. The number of carbonyl (C=O) groups excluding carboxylic acids is 1. The van der Waals surface area contributed by atoms with Gasteiger partial charge in [0.2, 0.25) is 5.88 Å². The maximum absolute atomic E-state index is 12.4. The Hall–Kier alpha value is -3.01. The molecule has 0 spiro atoms. The number of hydrogen-bond acceptors (Lipinski definition) is 7. The van der Waals surface area contributed by atoms with Crippen molar-refractivity contribution in [2.24, 2.45) is 0 Å². The standard InChI is InChI=1S/C16H13ClF2N4O4/c1-25-16(24)10-6-23-14(21-10)2-3-15(22-23)27-7-11-12(26-8-13(18)19)4-9(17)5-20-11/h2-6,13H,7-8H2,1H3. The highest BCUT2D eigenvalue weighted by molar-refractivity contribution is 6.30. The maximum Gasteiger partial charge on any atom is 0.358 e. The largest absolute Gasteiger partial charge is 0.486 e. The highest BCUT2D eigenvalue weighted by Crippen LogP contribution is 2.23. The van der Waals surface area contributed by atoms with Gasteiger partial charge >= 0.3 is 5.97 Å². The lowest BCUT2D eigenvalue weighted by atomic mass is 10.3. The molecule has 0 aromatic carbocycles. The fourth-order valence-electron chi connectivity index (χ4n) is 2.12. The Morgan fingerprint density at radius 1 is 1.33 bits per heavy atom. The third-order valence-corrected chi connectivity index (χ3v) is 3.52. The molecular formula is C16H13ClF2N4O4. The Kier molecular flexibility index (Phi) is 5.65. The third kappa shape index (κ3) is 4.59. The molecule has 3 aromatic heterocycles. The molecule has 142 valence electrons. The molecule has 0 aliphatic heterocycles. The van der Waals surface area contributed by atoms with E-state index in [4.69, 9.17) is 21.1 Å². The van der Waals surface area contributed by atoms with Crippen LogP contribution in [-0.4, -0.2) is 45.7 Å². The Labute approximate surface area is 156 Å². The molecule has 0 aliphatic carbocycles. The number of carbonyl (C=O) groups is 1. The summed E-state index contributed by atoms with van der Waals surface area (Å²) in [7, 11) is 1.25. The number of halogens is 3. The lowest BCUT2D eigenvalue weighted by Crippen LogP contribution is -2.10. The van der Waals surface area contributed by atoms with Crippen LogP contribution in [0, 0.1) is 0 Å². The SMILES string of the molecule is COC(=O)c1cn2nc(OCc3ncc(Cl)cc3OCC(F)F)ccc2n1. The number of aromatic nitrogens is 4. The van der Waals surface area contributed by atoms with Crippen molar-refractivity contribution in [3.8, 4) is 11.6 Å². The molecule has 0 bridgehead atoms. The number of hydrogen-bond donors (Lipinski definition) is 0. The van der Waals surface area contributed by atoms with Crippen LogP contribution >= 0.6 is 11.6 Å². The van der Waals surface area contributed by atoms with Crippen LogP contribution in [0.1, 0.15) is 16.2 Å². The van der Waals surface area contributed by atoms with Crippen molar-refractivity contribution < 1.29 is 27.8 Å². The van der Waals surface area contributed by atoms with E-state index in [9.17, 15) is 13.6 Å². The monoisotopic (exact) mass is 398 g/mol. The van der Waals surface area contributed by atoms with E-state index < -0.39 is 19.0 Å². The molecular weight excluding hydrogens is 386 g/mol. The van der Waals surface area contributed by atoms with Gasteiger partial charge in [-0.2, -0.15) is 0 Å². The van der Waals surface area contributed by atoms with Crippen LogP contribution in [-0.2, 0) is 11.3 Å². The first kappa shape index (κ1) is 18.8. The number of fused-ring (bicyclic) bond motifs is 1. The zero-order valence-electron chi connectivity index (χ0n) is 13.9. The molecule has 0 saturated heterocycles. The lowest BCUT2D eigenvalue weighted by molar-refractivity contribution is 0.0594. The van der Waals surface area contributed by atoms with Crippen molar-refractivity contribution >= 4 is 23.2 Å². The molecule has 11 heteroatoms. The summed E-state index contributed by atoms with van der Waals surface area (Å²) in [5, 5.41) is 4.41. The van der Waals surface area contributed by atoms with Crippen molar-refractivity contribution in [1.82, 2.24) is 19.6 Å². The molecule has 0 radical (unpaired) electrons. The van der Waals surface area contributed by atoms with E-state index >= 15 is 0 Å². The van der Waals surface area contributed by atoms with Crippen molar-refractivity contribution in [2.75, 3.05) is 13.7 Å². The van der Waals surface area contributed by atoms with Crippen molar-refractivity contribution in [2.45, 2.75) is 13.0 Å². The summed E-state index contributed by atoms with van der Waals surface area (Å²) in [5.74, 6) is -0.290. The third-order valence-electron chi connectivity index (χ3n) is 3.31. The van der Waals surface area contributed by atoms with Gasteiger partial charge in [0.1, 0.15) is 24.7 Å². The summed E-state index contributed by atoms with van der Waals surface area (Å²) in [4.78, 5) is 19.6. The first-order chi connectivity index (χ1) is 13.0. The predicted molar refractivity (Wildman–Crippen MR) is 89.4 cm³/mol. The number of nitrogens with zero attached hydrogens (tertiary/aromatic N) is 4. The first-order valence-corrected chi connectivity index (χ1v) is 7.97. The minimum Gasteiger partial charge on any atom is -0.486 e. The molecule has 0 amide bonds. The Morgan fingerprint density at radius 3 is 2.89 bits per heavy atom. The van der Waals surface area contributed by atoms with Gasteiger partial charge in [0, 0.05) is 18.3 Å². The number of pyridine rings is 1. The zero-order chi connectivity index (χ0) is 19.4. The normalized spacial score (nSPS) is 11.0. The van der Waals surface area contributed by atoms with E-state index in [-0.39, 0.29) is 34.6 Å². The van der Waals surface area contributed by atoms with E-state index in [0.29, 0.717) is 5.65 Å². The minimum atomic E-state index is -2.63. The van der Waals surface area contributed by atoms with Crippen molar-refractivity contribution in [3.63, 3.8) is 0 Å². The molecule has 3 heterocycles. The minimum absolute atomic E-state index is 0.0905. The summed E-state index contributed by atoms with van der Waals surface area (Å²) in [5.41, 5.74) is 0.806. The van der Waals surface area contributed by atoms with Crippen LogP contribution in [0.2, 0.25) is 5.02 Å². The van der Waals surface area contributed by atoms with Gasteiger partial charge in [-0.25, -0.2) is 23.1 Å². The fraction of sp³-hybridized carbons (Fsp3) is 0.250. The highest BCUT2D eigenvalue weighted by atomic mass is 35.5. The van der Waals surface area contributed by atoms with E-state index in [2.05, 4.69) is 19.8 Å². The van der Waals surface area contributed by atoms with Gasteiger partial charge in [-0.1, -0.05) is 11.6 Å². The summed E-state index contributed by atoms with van der Waals surface area (Å²) >= 11 is 5.82. The quantitative estimate of drug-likeness (QED) is 0.565. The van der Waals surface area contributed by atoms with E-state index in [0.717, 1.165) is 0 Å². The second-order valence-corrected chi connectivity index (χ2v) is 5.62. The van der Waals surface area contributed by atoms with Crippen molar-refractivity contribution in [1.29, 1.82) is 0 Å². The summed E-state index contributed by atoms with van der Waals surface area (Å²) in [6.07, 6.45) is 0.114. The highest BCUT2D eigenvalue weighted by Gasteiger charge is 2.14. The first-order valence-electron chi connectivity index (χ1n) is 7.59. The van der Waals surface area contributed by atoms with Gasteiger partial charge in [0.05, 0.1) is 18.3 Å². The lowest BCUT2D eigenvalue weighted by Gasteiger charge is -2.11. The molecule has 8 nitrogen and oxygen atoms in total. The molecule has 27 heavy (non-hydrogen) atoms. The Morgan fingerprint density at radius 2 is 2.15 bits per heavy atom. The van der Waals surface area contributed by atoms with Crippen LogP contribution in [0.4, 0.5) is 8.78 Å². The molecule has 0 N–H and O–H groups in total. The average Bonchev–Trinajstić information content (AvgIpc) is 3.08. The number of esters is 1. The van der Waals surface area contributed by atoms with Crippen molar-refractivity contribution in [3.05, 3.63) is 47.0 Å². The predicted octanol–water partition coefficient (Wildman–Crippen LogP) is 2.79. The second-order valence-electron chi connectivity index (χ2n) is 5.18. The number of rotatable bonds is 7. The van der Waals surface area contributed by atoms with Gasteiger partial charge in [-0.3, -0.25) is 4.98 Å². The summed E-state index contributed by atoms with van der Waals surface area (Å²) < 4.78 is 41.3. The molecule has 3 aromatic rings. The van der Waals surface area contributed by atoms with Crippen LogP contribution in [0.15, 0.2) is 30.6 Å². The van der Waals surface area contributed by atoms with Crippen LogP contribution in [0.3, 0.4) is 0 Å². The second kappa shape index (κ2) is 8.12. The van der Waals surface area contributed by atoms with E-state index in [1.807, 2.05) is 0 Å². The Balaban J connectivity index is 1.75. The Bertz CT molecular complexity index is 967. The van der Waals surface area contributed by atoms with E-state index in [1.165, 1.54) is 30.1 Å². The zero-order valence-corrected chi connectivity index (χ0v) is 14.7. The van der Waals surface area contributed by atoms with Gasteiger partial charge in [0.25, 0.3) is 6.43 Å². The maximum atomic E-state index is 12.4. The van der Waals surface area contributed by atoms with Gasteiger partial charge in [0.15, 0.2) is 11.3 Å². The molecule has 0 unspecified atom stereocenters. The van der Waals surface area contributed by atoms with Crippen LogP contribution in [0.25, 0.3) is 5.65 Å². The number of methoxy groups -OCH3 is 1. The van der Waals surface area contributed by atoms with Gasteiger partial charge in [-0.05, 0) is 6.07 Å². The number of ether oxygens (including phenoxy) is 3. The molecule has 3 rings (SSSR count). The fourth-order valence-corrected chi connectivity index (χ4v) is 2.27. The van der Waals surface area contributed by atoms with Crippen LogP contribution < -0.4 is 9.47 Å². The topological polar surface area (TPSA) is 87.8 Å².